The zero-order valence-electron chi connectivity index (χ0n) is 6.55. The maximum Gasteiger partial charge on any atom is 0.285 e. The number of rotatable bonds is 1. The molecule has 0 aromatic heterocycles. The van der Waals surface area contributed by atoms with Crippen LogP contribution in [0.5, 0.6) is 0 Å². The molecule has 0 aliphatic carbocycles. The molecule has 1 atom stereocenters. The molecular weight excluding hydrogens is 174 g/mol. The molecule has 0 aromatic carbocycles. The first-order valence-electron chi connectivity index (χ1n) is 3.85. The molecule has 1 heterocycles. The second kappa shape index (κ2) is 3.20. The molecule has 0 spiro atoms. The van der Waals surface area contributed by atoms with Gasteiger partial charge < -0.3 is 5.32 Å². The Hall–Kier alpha value is -0.320. The lowest BCUT2D eigenvalue weighted by molar-refractivity contribution is -0.146. The standard InChI is InChI=1S/C7H11F4N/c8-5-6(9)1-3-12-4-2-7(6,10)11/h12H,1-5H2. The van der Waals surface area contributed by atoms with Crippen molar-refractivity contribution < 1.29 is 17.6 Å². The number of alkyl halides is 4. The van der Waals surface area contributed by atoms with Crippen LogP contribution in [0.15, 0.2) is 0 Å². The van der Waals surface area contributed by atoms with Crippen LogP contribution in [0.3, 0.4) is 0 Å². The van der Waals surface area contributed by atoms with E-state index >= 15 is 0 Å². The van der Waals surface area contributed by atoms with Crippen LogP contribution >= 0.6 is 0 Å². The summed E-state index contributed by atoms with van der Waals surface area (Å²) >= 11 is 0. The Morgan fingerprint density at radius 2 is 1.67 bits per heavy atom. The van der Waals surface area contributed by atoms with Crippen LogP contribution in [-0.2, 0) is 0 Å². The van der Waals surface area contributed by atoms with E-state index < -0.39 is 31.1 Å². The van der Waals surface area contributed by atoms with Crippen LogP contribution in [0, 0.1) is 0 Å². The predicted molar refractivity (Wildman–Crippen MR) is 36.9 cm³/mol. The summed E-state index contributed by atoms with van der Waals surface area (Å²) in [4.78, 5) is 0. The van der Waals surface area contributed by atoms with E-state index in [0.717, 1.165) is 0 Å². The van der Waals surface area contributed by atoms with Crippen LogP contribution in [0.4, 0.5) is 17.6 Å². The first kappa shape index (κ1) is 9.77. The minimum absolute atomic E-state index is 0.0403. The van der Waals surface area contributed by atoms with Gasteiger partial charge in [0.1, 0.15) is 6.67 Å². The lowest BCUT2D eigenvalue weighted by atomic mass is 9.94. The fraction of sp³-hybridized carbons (Fsp3) is 1.00. The van der Waals surface area contributed by atoms with Gasteiger partial charge in [0.05, 0.1) is 0 Å². The largest absolute Gasteiger partial charge is 0.316 e. The number of hydrogen-bond acceptors (Lipinski definition) is 1. The molecule has 0 saturated carbocycles. The van der Waals surface area contributed by atoms with E-state index in [9.17, 15) is 17.6 Å². The molecular formula is C7H11F4N. The van der Waals surface area contributed by atoms with Gasteiger partial charge in [0.2, 0.25) is 5.67 Å². The molecule has 1 aliphatic heterocycles. The molecule has 1 unspecified atom stereocenters. The quantitative estimate of drug-likeness (QED) is 0.613. The van der Waals surface area contributed by atoms with Crippen molar-refractivity contribution in [1.82, 2.24) is 5.32 Å². The van der Waals surface area contributed by atoms with Crippen molar-refractivity contribution >= 4 is 0 Å². The Morgan fingerprint density at radius 3 is 2.25 bits per heavy atom. The molecule has 5 heteroatoms. The van der Waals surface area contributed by atoms with Gasteiger partial charge in [-0.3, -0.25) is 0 Å². The summed E-state index contributed by atoms with van der Waals surface area (Å²) in [6.45, 7) is -1.46. The van der Waals surface area contributed by atoms with Gasteiger partial charge in [-0.25, -0.2) is 17.6 Å². The highest BCUT2D eigenvalue weighted by molar-refractivity contribution is 4.96. The van der Waals surface area contributed by atoms with E-state index in [1.54, 1.807) is 0 Å². The zero-order chi connectivity index (χ0) is 9.24. The highest BCUT2D eigenvalue weighted by Crippen LogP contribution is 2.39. The molecule has 1 rings (SSSR count). The van der Waals surface area contributed by atoms with Gasteiger partial charge in [0, 0.05) is 19.4 Å². The minimum Gasteiger partial charge on any atom is -0.316 e. The van der Waals surface area contributed by atoms with Gasteiger partial charge in [-0.05, 0) is 6.54 Å². The van der Waals surface area contributed by atoms with Gasteiger partial charge in [0.15, 0.2) is 0 Å². The summed E-state index contributed by atoms with van der Waals surface area (Å²) in [7, 11) is 0. The molecule has 1 fully saturated rings. The Kier molecular flexibility index (Phi) is 2.61. The van der Waals surface area contributed by atoms with Crippen LogP contribution in [0.2, 0.25) is 0 Å². The van der Waals surface area contributed by atoms with Crippen molar-refractivity contribution in [2.45, 2.75) is 24.4 Å². The average molecular weight is 185 g/mol. The van der Waals surface area contributed by atoms with Gasteiger partial charge >= 0.3 is 0 Å². The Bertz CT molecular complexity index is 161. The molecule has 1 N–H and O–H groups in total. The molecule has 0 amide bonds. The highest BCUT2D eigenvalue weighted by atomic mass is 19.3. The van der Waals surface area contributed by atoms with Gasteiger partial charge in [0.25, 0.3) is 5.92 Å². The summed E-state index contributed by atoms with van der Waals surface area (Å²) in [6.07, 6.45) is -1.09. The van der Waals surface area contributed by atoms with Gasteiger partial charge in [-0.15, -0.1) is 0 Å². The Morgan fingerprint density at radius 1 is 1.08 bits per heavy atom. The van der Waals surface area contributed by atoms with Crippen molar-refractivity contribution in [3.8, 4) is 0 Å². The van der Waals surface area contributed by atoms with E-state index in [-0.39, 0.29) is 13.1 Å². The monoisotopic (exact) mass is 185 g/mol. The molecule has 72 valence electrons. The predicted octanol–water partition coefficient (Wildman–Crippen LogP) is 1.68. The van der Waals surface area contributed by atoms with Crippen molar-refractivity contribution in [2.24, 2.45) is 0 Å². The SMILES string of the molecule is FCC1(F)CCNCCC1(F)F. The smallest absolute Gasteiger partial charge is 0.285 e. The lowest BCUT2D eigenvalue weighted by Crippen LogP contribution is -2.46. The highest BCUT2D eigenvalue weighted by Gasteiger charge is 2.54. The van der Waals surface area contributed by atoms with E-state index in [0.29, 0.717) is 0 Å². The summed E-state index contributed by atoms with van der Waals surface area (Å²) < 4.78 is 50.9. The van der Waals surface area contributed by atoms with Gasteiger partial charge in [-0.1, -0.05) is 0 Å². The number of hydrogen-bond donors (Lipinski definition) is 1. The van der Waals surface area contributed by atoms with Crippen LogP contribution in [-0.4, -0.2) is 31.4 Å². The van der Waals surface area contributed by atoms with E-state index in [2.05, 4.69) is 5.32 Å². The second-order valence-electron chi connectivity index (χ2n) is 3.05. The second-order valence-corrected chi connectivity index (χ2v) is 3.05. The third kappa shape index (κ3) is 1.55. The third-order valence-corrected chi connectivity index (χ3v) is 2.18. The maximum absolute atomic E-state index is 13.2. The fourth-order valence-electron chi connectivity index (χ4n) is 1.23. The molecule has 1 nitrogen and oxygen atoms in total. The topological polar surface area (TPSA) is 12.0 Å². The first-order chi connectivity index (χ1) is 5.52. The first-order valence-corrected chi connectivity index (χ1v) is 3.85. The molecule has 12 heavy (non-hydrogen) atoms. The average Bonchev–Trinajstić information content (AvgIpc) is 2.13. The Labute approximate surface area is 68.1 Å². The maximum atomic E-state index is 13.2. The third-order valence-electron chi connectivity index (χ3n) is 2.18. The molecule has 0 radical (unpaired) electrons. The van der Waals surface area contributed by atoms with Crippen LogP contribution in [0.1, 0.15) is 12.8 Å². The van der Waals surface area contributed by atoms with Crippen molar-refractivity contribution in [3.63, 3.8) is 0 Å². The van der Waals surface area contributed by atoms with Crippen LogP contribution < -0.4 is 5.32 Å². The zero-order valence-corrected chi connectivity index (χ0v) is 6.55. The van der Waals surface area contributed by atoms with Gasteiger partial charge in [-0.2, -0.15) is 0 Å². The van der Waals surface area contributed by atoms with Crippen molar-refractivity contribution in [3.05, 3.63) is 0 Å². The summed E-state index contributed by atoms with van der Waals surface area (Å²) in [5.74, 6) is -3.54. The minimum atomic E-state index is -3.54. The normalized spacial score (nSPS) is 36.0. The lowest BCUT2D eigenvalue weighted by Gasteiger charge is -2.28. The van der Waals surface area contributed by atoms with Crippen molar-refractivity contribution in [1.29, 1.82) is 0 Å². The van der Waals surface area contributed by atoms with Crippen molar-refractivity contribution in [2.75, 3.05) is 19.8 Å². The molecule has 0 bridgehead atoms. The van der Waals surface area contributed by atoms with E-state index in [1.807, 2.05) is 0 Å². The number of nitrogens with one attached hydrogen (secondary N) is 1. The molecule has 1 aliphatic rings. The Balaban J connectivity index is 2.78. The molecule has 0 aromatic rings. The summed E-state index contributed by atoms with van der Waals surface area (Å²) in [5.41, 5.74) is -2.96. The molecule has 1 saturated heterocycles. The van der Waals surface area contributed by atoms with E-state index in [1.165, 1.54) is 0 Å². The van der Waals surface area contributed by atoms with E-state index in [4.69, 9.17) is 0 Å². The number of halogens is 4. The summed E-state index contributed by atoms with van der Waals surface area (Å²) in [5, 5.41) is 2.61. The van der Waals surface area contributed by atoms with Crippen LogP contribution in [0.25, 0.3) is 0 Å². The summed E-state index contributed by atoms with van der Waals surface area (Å²) in [6, 6.07) is 0. The fourth-order valence-corrected chi connectivity index (χ4v) is 1.23.